The Morgan fingerprint density at radius 2 is 2.17 bits per heavy atom. The summed E-state index contributed by atoms with van der Waals surface area (Å²) < 4.78 is 28.8. The summed E-state index contributed by atoms with van der Waals surface area (Å²) in [6.45, 7) is 7.86. The lowest BCUT2D eigenvalue weighted by atomic mass is 9.88. The number of hydrogen-bond acceptors (Lipinski definition) is 5. The molecule has 0 bridgehead atoms. The summed E-state index contributed by atoms with van der Waals surface area (Å²) in [6.07, 6.45) is 10.9. The second kappa shape index (κ2) is 8.08. The minimum absolute atomic E-state index is 0.0555. The Hall–Kier alpha value is -1.90. The lowest BCUT2D eigenvalue weighted by Gasteiger charge is -2.37. The maximum Gasteiger partial charge on any atom is 0.216 e. The van der Waals surface area contributed by atoms with Crippen molar-refractivity contribution in [1.29, 1.82) is 0 Å². The molecule has 29 heavy (non-hydrogen) atoms. The van der Waals surface area contributed by atoms with E-state index in [2.05, 4.69) is 39.7 Å². The first-order chi connectivity index (χ1) is 13.9. The molecule has 0 aliphatic carbocycles. The van der Waals surface area contributed by atoms with E-state index in [1.54, 1.807) is 18.2 Å². The largest absolute Gasteiger partial charge is 0.332 e. The maximum atomic E-state index is 12.6. The molecule has 0 radical (unpaired) electrons. The highest BCUT2D eigenvalue weighted by atomic mass is 32.2. The van der Waals surface area contributed by atoms with Gasteiger partial charge in [-0.1, -0.05) is 6.08 Å². The van der Waals surface area contributed by atoms with Crippen LogP contribution < -0.4 is 10.2 Å². The molecule has 1 N–H and O–H groups in total. The van der Waals surface area contributed by atoms with Crippen LogP contribution in [-0.2, 0) is 16.4 Å². The van der Waals surface area contributed by atoms with Crippen molar-refractivity contribution in [2.45, 2.75) is 51.3 Å². The second-order valence-corrected chi connectivity index (χ2v) is 11.0. The van der Waals surface area contributed by atoms with E-state index >= 15 is 0 Å². The fourth-order valence-electron chi connectivity index (χ4n) is 4.44. The van der Waals surface area contributed by atoms with Gasteiger partial charge >= 0.3 is 0 Å². The smallest absolute Gasteiger partial charge is 0.216 e. The van der Waals surface area contributed by atoms with Crippen molar-refractivity contribution >= 4 is 21.2 Å². The van der Waals surface area contributed by atoms with Gasteiger partial charge in [0, 0.05) is 31.5 Å². The predicted octanol–water partition coefficient (Wildman–Crippen LogP) is 2.60. The third-order valence-corrected chi connectivity index (χ3v) is 8.46. The number of piperidine rings is 1. The Morgan fingerprint density at radius 1 is 1.34 bits per heavy atom. The van der Waals surface area contributed by atoms with Crippen LogP contribution in [0.2, 0.25) is 0 Å². The molecule has 2 aromatic heterocycles. The molecule has 8 heteroatoms. The second-order valence-electron chi connectivity index (χ2n) is 8.51. The lowest BCUT2D eigenvalue weighted by Crippen LogP contribution is -2.47. The molecule has 0 aromatic carbocycles. The monoisotopic (exact) mass is 417 g/mol. The molecule has 2 aromatic rings. The van der Waals surface area contributed by atoms with Gasteiger partial charge in [0.25, 0.3) is 0 Å². The highest BCUT2D eigenvalue weighted by molar-refractivity contribution is 7.89. The van der Waals surface area contributed by atoms with Gasteiger partial charge in [-0.2, -0.15) is 9.40 Å². The Balaban J connectivity index is 1.49. The zero-order valence-electron chi connectivity index (χ0n) is 17.5. The number of pyridine rings is 1. The van der Waals surface area contributed by atoms with E-state index in [-0.39, 0.29) is 11.3 Å². The van der Waals surface area contributed by atoms with Gasteiger partial charge in [0.2, 0.25) is 10.0 Å². The fourth-order valence-corrected chi connectivity index (χ4v) is 5.93. The predicted molar refractivity (Wildman–Crippen MR) is 116 cm³/mol. The van der Waals surface area contributed by atoms with E-state index in [0.717, 1.165) is 43.7 Å². The van der Waals surface area contributed by atoms with Gasteiger partial charge in [-0.3, -0.25) is 5.32 Å². The van der Waals surface area contributed by atoms with E-state index in [9.17, 15) is 8.42 Å². The molecule has 0 unspecified atom stereocenters. The van der Waals surface area contributed by atoms with Gasteiger partial charge in [-0.15, -0.1) is 0 Å². The number of anilines is 1. The van der Waals surface area contributed by atoms with E-state index in [4.69, 9.17) is 0 Å². The summed E-state index contributed by atoms with van der Waals surface area (Å²) in [6, 6.07) is 4.42. The molecule has 4 rings (SSSR count). The molecule has 0 spiro atoms. The van der Waals surface area contributed by atoms with Crippen molar-refractivity contribution in [2.75, 3.05) is 24.7 Å². The molecule has 1 saturated heterocycles. The highest BCUT2D eigenvalue weighted by Crippen LogP contribution is 2.30. The molecule has 0 amide bonds. The average Bonchev–Trinajstić information content (AvgIpc) is 3.11. The van der Waals surface area contributed by atoms with E-state index in [1.807, 2.05) is 23.8 Å². The van der Waals surface area contributed by atoms with Crippen LogP contribution in [0.3, 0.4) is 0 Å². The number of nitrogens with one attached hydrogen (secondary N) is 1. The number of hydrogen-bond donors (Lipinski definition) is 1. The first kappa shape index (κ1) is 20.4. The lowest BCUT2D eigenvalue weighted by molar-refractivity contribution is 0.207. The molecule has 4 heterocycles. The first-order valence-electron chi connectivity index (χ1n) is 10.5. The number of rotatable bonds is 5. The Labute approximate surface area is 173 Å². The standard InChI is InChI=1S/C21H31N5O2S/c1-16(2)29(27,28)26-10-6-18(11-17(26)3)12-19-5-9-25-20(13-19)21(14-23-25)24-8-4-7-22-15-24/h4-5,8-9,13-14,16-18,22H,6-7,10-12,15H2,1-3H3/t17-,18+/m0/s1. The van der Waals surface area contributed by atoms with Crippen molar-refractivity contribution in [2.24, 2.45) is 5.92 Å². The molecule has 158 valence electrons. The summed E-state index contributed by atoms with van der Waals surface area (Å²) in [5.74, 6) is 0.494. The van der Waals surface area contributed by atoms with Gasteiger partial charge < -0.3 is 4.90 Å². The van der Waals surface area contributed by atoms with Crippen LogP contribution >= 0.6 is 0 Å². The van der Waals surface area contributed by atoms with E-state index in [1.165, 1.54) is 5.56 Å². The number of aromatic nitrogens is 2. The molecule has 2 aliphatic rings. The van der Waals surface area contributed by atoms with Crippen LogP contribution in [0.5, 0.6) is 0 Å². The van der Waals surface area contributed by atoms with Gasteiger partial charge in [0.15, 0.2) is 0 Å². The van der Waals surface area contributed by atoms with Crippen molar-refractivity contribution in [3.63, 3.8) is 0 Å². The summed E-state index contributed by atoms with van der Waals surface area (Å²) in [5, 5.41) is 7.47. The highest BCUT2D eigenvalue weighted by Gasteiger charge is 2.35. The molecular weight excluding hydrogens is 386 g/mol. The molecule has 1 fully saturated rings. The van der Waals surface area contributed by atoms with Crippen LogP contribution in [0, 0.1) is 5.92 Å². The maximum absolute atomic E-state index is 12.6. The van der Waals surface area contributed by atoms with Gasteiger partial charge in [0.1, 0.15) is 0 Å². The summed E-state index contributed by atoms with van der Waals surface area (Å²) in [4.78, 5) is 2.17. The average molecular weight is 418 g/mol. The van der Waals surface area contributed by atoms with Gasteiger partial charge in [-0.05, 0) is 63.6 Å². The Morgan fingerprint density at radius 3 is 2.86 bits per heavy atom. The zero-order valence-corrected chi connectivity index (χ0v) is 18.3. The molecule has 2 aliphatic heterocycles. The van der Waals surface area contributed by atoms with Crippen molar-refractivity contribution in [1.82, 2.24) is 19.2 Å². The van der Waals surface area contributed by atoms with Crippen molar-refractivity contribution < 1.29 is 8.42 Å². The Kier molecular flexibility index (Phi) is 5.68. The van der Waals surface area contributed by atoms with Crippen LogP contribution in [0.4, 0.5) is 5.69 Å². The minimum atomic E-state index is -3.18. The Bertz CT molecular complexity index is 998. The summed E-state index contributed by atoms with van der Waals surface area (Å²) in [7, 11) is -3.18. The summed E-state index contributed by atoms with van der Waals surface area (Å²) in [5.41, 5.74) is 3.48. The zero-order chi connectivity index (χ0) is 20.6. The summed E-state index contributed by atoms with van der Waals surface area (Å²) >= 11 is 0. The SMILES string of the molecule is CC(C)S(=O)(=O)N1CC[C@@H](Cc2ccn3ncc(N4C=CCNC4)c3c2)C[C@@H]1C. The molecule has 7 nitrogen and oxygen atoms in total. The molecule has 2 atom stereocenters. The fraction of sp³-hybridized carbons (Fsp3) is 0.571. The van der Waals surface area contributed by atoms with Crippen molar-refractivity contribution in [3.8, 4) is 0 Å². The van der Waals surface area contributed by atoms with Crippen LogP contribution in [0.25, 0.3) is 5.52 Å². The van der Waals surface area contributed by atoms with Crippen LogP contribution in [-0.4, -0.2) is 53.4 Å². The quantitative estimate of drug-likeness (QED) is 0.810. The number of fused-ring (bicyclic) bond motifs is 1. The minimum Gasteiger partial charge on any atom is -0.332 e. The third-order valence-electron chi connectivity index (χ3n) is 6.08. The van der Waals surface area contributed by atoms with Crippen LogP contribution in [0.1, 0.15) is 39.2 Å². The van der Waals surface area contributed by atoms with E-state index in [0.29, 0.717) is 12.5 Å². The number of nitrogens with zero attached hydrogens (tertiary/aromatic N) is 4. The van der Waals surface area contributed by atoms with E-state index < -0.39 is 10.0 Å². The normalized spacial score (nSPS) is 23.9. The van der Waals surface area contributed by atoms with Crippen LogP contribution in [0.15, 0.2) is 36.8 Å². The molecule has 0 saturated carbocycles. The molecular formula is C21H31N5O2S. The van der Waals surface area contributed by atoms with Gasteiger partial charge in [0.05, 0.1) is 29.3 Å². The third kappa shape index (κ3) is 4.06. The first-order valence-corrected chi connectivity index (χ1v) is 12.0. The topological polar surface area (TPSA) is 70.0 Å². The van der Waals surface area contributed by atoms with Crippen molar-refractivity contribution in [3.05, 3.63) is 42.4 Å². The van der Waals surface area contributed by atoms with Gasteiger partial charge in [-0.25, -0.2) is 12.9 Å². The number of sulfonamides is 1.